The number of benzene rings is 1. The molecule has 7 heteroatoms. The van der Waals surface area contributed by atoms with Crippen LogP contribution in [-0.4, -0.2) is 20.2 Å². The van der Waals surface area contributed by atoms with Gasteiger partial charge in [-0.2, -0.15) is 4.80 Å². The third kappa shape index (κ3) is 2.80. The van der Waals surface area contributed by atoms with E-state index in [9.17, 15) is 4.39 Å². The van der Waals surface area contributed by atoms with E-state index in [2.05, 4.69) is 15.4 Å². The van der Waals surface area contributed by atoms with E-state index in [1.165, 1.54) is 10.9 Å². The van der Waals surface area contributed by atoms with Gasteiger partial charge in [-0.25, -0.2) is 4.39 Å². The van der Waals surface area contributed by atoms with Crippen molar-refractivity contribution >= 4 is 0 Å². The molecule has 0 fully saturated rings. The molecule has 2 rings (SSSR count). The van der Waals surface area contributed by atoms with Crippen LogP contribution in [0.25, 0.3) is 0 Å². The maximum atomic E-state index is 13.7. The first-order chi connectivity index (χ1) is 8.56. The van der Waals surface area contributed by atoms with E-state index in [0.29, 0.717) is 5.82 Å². The van der Waals surface area contributed by atoms with Gasteiger partial charge in [-0.3, -0.25) is 0 Å². The Labute approximate surface area is 104 Å². The fourth-order valence-corrected chi connectivity index (χ4v) is 1.44. The molecular weight excluding hydrogens is 237 g/mol. The SMILES string of the molecule is C[C@H](N)c1ccc(OCc2nnn(C)n2)c(F)c1. The molecular formula is C11H14FN5O. The second-order valence-electron chi connectivity index (χ2n) is 3.96. The van der Waals surface area contributed by atoms with Crippen LogP contribution in [0.15, 0.2) is 18.2 Å². The van der Waals surface area contributed by atoms with Gasteiger partial charge in [0.25, 0.3) is 0 Å². The molecule has 2 aromatic rings. The monoisotopic (exact) mass is 251 g/mol. The number of aryl methyl sites for hydroxylation is 1. The van der Waals surface area contributed by atoms with Gasteiger partial charge in [-0.1, -0.05) is 6.07 Å². The van der Waals surface area contributed by atoms with Gasteiger partial charge in [-0.05, 0) is 29.8 Å². The predicted molar refractivity (Wildman–Crippen MR) is 62.1 cm³/mol. The van der Waals surface area contributed by atoms with Crippen LogP contribution in [0, 0.1) is 5.82 Å². The fourth-order valence-electron chi connectivity index (χ4n) is 1.44. The quantitative estimate of drug-likeness (QED) is 0.875. The van der Waals surface area contributed by atoms with Crippen molar-refractivity contribution in [2.24, 2.45) is 12.8 Å². The van der Waals surface area contributed by atoms with E-state index in [1.54, 1.807) is 26.1 Å². The largest absolute Gasteiger partial charge is 0.482 e. The Morgan fingerprint density at radius 1 is 1.50 bits per heavy atom. The van der Waals surface area contributed by atoms with Crippen molar-refractivity contribution in [1.29, 1.82) is 0 Å². The standard InChI is InChI=1S/C11H14FN5O/c1-7(13)8-3-4-10(9(12)5-8)18-6-11-14-16-17(2)15-11/h3-5,7H,6,13H2,1-2H3/t7-/m0/s1. The van der Waals surface area contributed by atoms with Crippen LogP contribution in [0.1, 0.15) is 24.4 Å². The van der Waals surface area contributed by atoms with Crippen molar-refractivity contribution in [3.8, 4) is 5.75 Å². The molecule has 1 atom stereocenters. The molecule has 0 amide bonds. The van der Waals surface area contributed by atoms with Crippen LogP contribution < -0.4 is 10.5 Å². The molecule has 0 saturated carbocycles. The minimum atomic E-state index is -0.450. The summed E-state index contributed by atoms with van der Waals surface area (Å²) >= 11 is 0. The average molecular weight is 251 g/mol. The summed E-state index contributed by atoms with van der Waals surface area (Å²) in [4.78, 5) is 1.31. The van der Waals surface area contributed by atoms with Crippen molar-refractivity contribution in [3.63, 3.8) is 0 Å². The summed E-state index contributed by atoms with van der Waals surface area (Å²) in [7, 11) is 1.65. The molecule has 1 aromatic carbocycles. The Kier molecular flexibility index (Phi) is 3.52. The first-order valence-electron chi connectivity index (χ1n) is 5.47. The Morgan fingerprint density at radius 3 is 2.83 bits per heavy atom. The van der Waals surface area contributed by atoms with Crippen LogP contribution in [0.3, 0.4) is 0 Å². The number of hydrogen-bond acceptors (Lipinski definition) is 5. The van der Waals surface area contributed by atoms with Gasteiger partial charge in [0.05, 0.1) is 7.05 Å². The molecule has 18 heavy (non-hydrogen) atoms. The van der Waals surface area contributed by atoms with Gasteiger partial charge in [0, 0.05) is 6.04 Å². The number of nitrogens with two attached hydrogens (primary N) is 1. The lowest BCUT2D eigenvalue weighted by Gasteiger charge is -2.09. The van der Waals surface area contributed by atoms with Crippen molar-refractivity contribution in [2.75, 3.05) is 0 Å². The van der Waals surface area contributed by atoms with Crippen molar-refractivity contribution in [2.45, 2.75) is 19.6 Å². The van der Waals surface area contributed by atoms with Crippen molar-refractivity contribution < 1.29 is 9.13 Å². The molecule has 0 bridgehead atoms. The molecule has 0 aliphatic heterocycles. The lowest BCUT2D eigenvalue weighted by Crippen LogP contribution is -2.06. The molecule has 0 spiro atoms. The Morgan fingerprint density at radius 2 is 2.28 bits per heavy atom. The van der Waals surface area contributed by atoms with Crippen LogP contribution in [-0.2, 0) is 13.7 Å². The highest BCUT2D eigenvalue weighted by molar-refractivity contribution is 5.30. The Balaban J connectivity index is 2.05. The number of halogens is 1. The summed E-state index contributed by atoms with van der Waals surface area (Å²) in [6.07, 6.45) is 0. The van der Waals surface area contributed by atoms with Crippen molar-refractivity contribution in [3.05, 3.63) is 35.4 Å². The van der Waals surface area contributed by atoms with E-state index in [4.69, 9.17) is 10.5 Å². The summed E-state index contributed by atoms with van der Waals surface area (Å²) in [5.41, 5.74) is 6.38. The van der Waals surface area contributed by atoms with Crippen molar-refractivity contribution in [1.82, 2.24) is 20.2 Å². The highest BCUT2D eigenvalue weighted by atomic mass is 19.1. The van der Waals surface area contributed by atoms with E-state index in [1.807, 2.05) is 0 Å². The Bertz CT molecular complexity index is 540. The van der Waals surface area contributed by atoms with Gasteiger partial charge in [0.2, 0.25) is 5.82 Å². The van der Waals surface area contributed by atoms with Crippen LogP contribution in [0.2, 0.25) is 0 Å². The molecule has 0 saturated heterocycles. The topological polar surface area (TPSA) is 78.9 Å². The van der Waals surface area contributed by atoms with Gasteiger partial charge in [-0.15, -0.1) is 10.2 Å². The van der Waals surface area contributed by atoms with Gasteiger partial charge < -0.3 is 10.5 Å². The average Bonchev–Trinajstić information content (AvgIpc) is 2.73. The minimum absolute atomic E-state index is 0.0717. The molecule has 96 valence electrons. The van der Waals surface area contributed by atoms with E-state index in [0.717, 1.165) is 5.56 Å². The number of rotatable bonds is 4. The number of hydrogen-bond donors (Lipinski definition) is 1. The first-order valence-corrected chi connectivity index (χ1v) is 5.47. The summed E-state index contributed by atoms with van der Waals surface area (Å²) in [6, 6.07) is 4.43. The summed E-state index contributed by atoms with van der Waals surface area (Å²) in [6.45, 7) is 1.86. The summed E-state index contributed by atoms with van der Waals surface area (Å²) < 4.78 is 19.0. The Hall–Kier alpha value is -2.02. The number of tetrazole rings is 1. The molecule has 0 aliphatic rings. The number of nitrogens with zero attached hydrogens (tertiary/aromatic N) is 4. The fraction of sp³-hybridized carbons (Fsp3) is 0.364. The van der Waals surface area contributed by atoms with E-state index in [-0.39, 0.29) is 18.4 Å². The second-order valence-corrected chi connectivity index (χ2v) is 3.96. The molecule has 6 nitrogen and oxygen atoms in total. The number of ether oxygens (including phenoxy) is 1. The minimum Gasteiger partial charge on any atom is -0.482 e. The second kappa shape index (κ2) is 5.09. The van der Waals surface area contributed by atoms with E-state index < -0.39 is 5.82 Å². The molecule has 1 aromatic heterocycles. The summed E-state index contributed by atoms with van der Waals surface area (Å²) in [5.74, 6) is 0.0914. The van der Waals surface area contributed by atoms with Gasteiger partial charge in [0.15, 0.2) is 18.2 Å². The maximum absolute atomic E-state index is 13.7. The highest BCUT2D eigenvalue weighted by Gasteiger charge is 2.09. The normalized spacial score (nSPS) is 12.4. The van der Waals surface area contributed by atoms with Crippen LogP contribution >= 0.6 is 0 Å². The summed E-state index contributed by atoms with van der Waals surface area (Å²) in [5, 5.41) is 11.3. The molecule has 0 radical (unpaired) electrons. The predicted octanol–water partition coefficient (Wildman–Crippen LogP) is 0.948. The zero-order chi connectivity index (χ0) is 13.1. The zero-order valence-corrected chi connectivity index (χ0v) is 10.2. The molecule has 2 N–H and O–H groups in total. The third-order valence-corrected chi connectivity index (χ3v) is 2.39. The van der Waals surface area contributed by atoms with Gasteiger partial charge >= 0.3 is 0 Å². The lowest BCUT2D eigenvalue weighted by atomic mass is 10.1. The van der Waals surface area contributed by atoms with Gasteiger partial charge in [0.1, 0.15) is 0 Å². The lowest BCUT2D eigenvalue weighted by molar-refractivity contribution is 0.280. The molecule has 0 unspecified atom stereocenters. The van der Waals surface area contributed by atoms with Crippen LogP contribution in [0.4, 0.5) is 4.39 Å². The number of aromatic nitrogens is 4. The maximum Gasteiger partial charge on any atom is 0.212 e. The van der Waals surface area contributed by atoms with Crippen LogP contribution in [0.5, 0.6) is 5.75 Å². The molecule has 0 aliphatic carbocycles. The highest BCUT2D eigenvalue weighted by Crippen LogP contribution is 2.21. The molecule has 1 heterocycles. The van der Waals surface area contributed by atoms with E-state index >= 15 is 0 Å². The zero-order valence-electron chi connectivity index (χ0n) is 10.2. The third-order valence-electron chi connectivity index (χ3n) is 2.39. The smallest absolute Gasteiger partial charge is 0.212 e. The first kappa shape index (κ1) is 12.4.